The van der Waals surface area contributed by atoms with Crippen molar-refractivity contribution >= 4 is 120 Å². The van der Waals surface area contributed by atoms with Gasteiger partial charge in [0.1, 0.15) is 5.78 Å². The third-order valence-corrected chi connectivity index (χ3v) is 16.5. The highest BCUT2D eigenvalue weighted by Crippen LogP contribution is 2.42. The van der Waals surface area contributed by atoms with Crippen LogP contribution in [-0.4, -0.2) is 188 Å². The van der Waals surface area contributed by atoms with E-state index in [1.54, 1.807) is 21.2 Å². The van der Waals surface area contributed by atoms with Crippen LogP contribution in [0.25, 0.3) is 33.7 Å². The molecule has 535 valence electrons. The molecule has 12 rings (SSSR count). The average Bonchev–Trinajstić information content (AvgIpc) is 1.67. The molecule has 6 aliphatic rings. The number of hydrogen-bond donors (Lipinski definition) is 7. The molecule has 6 aromatic rings. The summed E-state index contributed by atoms with van der Waals surface area (Å²) in [4.78, 5) is 39.6. The smallest absolute Gasteiger partial charge is 0.475 e. The summed E-state index contributed by atoms with van der Waals surface area (Å²) in [6.45, 7) is 9.97. The van der Waals surface area contributed by atoms with Crippen molar-refractivity contribution in [3.05, 3.63) is 141 Å². The van der Waals surface area contributed by atoms with Gasteiger partial charge in [0.05, 0.1) is 34.9 Å². The number of ketones is 1. The Morgan fingerprint density at radius 2 is 0.990 bits per heavy atom. The number of carboxylic acid groups (broad SMARTS) is 3. The lowest BCUT2D eigenvalue weighted by Gasteiger charge is -2.32. The minimum Gasteiger partial charge on any atom is -0.475 e. The van der Waals surface area contributed by atoms with E-state index in [0.717, 1.165) is 141 Å². The lowest BCUT2D eigenvalue weighted by Crippen LogP contribution is -2.36. The predicted molar refractivity (Wildman–Crippen MR) is 384 cm³/mol. The van der Waals surface area contributed by atoms with Gasteiger partial charge in [-0.1, -0.05) is 110 Å². The number of carbonyl (C=O) groups excluding carboxylic acids is 1. The number of carboxylic acids is 3. The van der Waals surface area contributed by atoms with Gasteiger partial charge in [-0.2, -0.15) is 39.5 Å². The maximum atomic E-state index is 10.6. The predicted octanol–water partition coefficient (Wildman–Crippen LogP) is 12.6. The van der Waals surface area contributed by atoms with E-state index in [2.05, 4.69) is 114 Å². The molecule has 0 spiro atoms. The lowest BCUT2D eigenvalue weighted by atomic mass is 8.97. The molecule has 2 aromatic heterocycles. The van der Waals surface area contributed by atoms with Gasteiger partial charge in [-0.25, -0.2) is 23.7 Å². The van der Waals surface area contributed by atoms with Crippen LogP contribution in [0.3, 0.4) is 0 Å². The Balaban J connectivity index is 0.000000353. The minimum absolute atomic E-state index is 0. The average molecular weight is 1450 g/mol. The van der Waals surface area contributed by atoms with Crippen molar-refractivity contribution in [1.82, 2.24) is 40.2 Å². The van der Waals surface area contributed by atoms with E-state index < -0.39 is 36.4 Å². The Labute approximate surface area is 599 Å². The number of alkyl halides is 9. The van der Waals surface area contributed by atoms with Gasteiger partial charge in [-0.3, -0.25) is 9.69 Å². The van der Waals surface area contributed by atoms with Gasteiger partial charge in [-0.05, 0) is 154 Å². The fourth-order valence-corrected chi connectivity index (χ4v) is 11.8. The summed E-state index contributed by atoms with van der Waals surface area (Å²) < 4.78 is 99.3. The molecule has 4 aliphatic heterocycles. The van der Waals surface area contributed by atoms with Gasteiger partial charge in [-0.15, -0.1) is 10.2 Å². The highest BCUT2D eigenvalue weighted by Gasteiger charge is 2.40. The normalized spacial score (nSPS) is 16.5. The van der Waals surface area contributed by atoms with Crippen LogP contribution in [0.15, 0.2) is 97.1 Å². The number of aliphatic hydroxyl groups is 1. The van der Waals surface area contributed by atoms with E-state index in [-0.39, 0.29) is 26.9 Å². The Morgan fingerprint density at radius 1 is 0.574 bits per heavy atom. The Bertz CT molecular complexity index is 3610. The molecule has 4 aromatic carbocycles. The van der Waals surface area contributed by atoms with Crippen LogP contribution in [0.4, 0.5) is 50.9 Å². The highest BCUT2D eigenvalue weighted by molar-refractivity contribution is 7.61. The van der Waals surface area contributed by atoms with E-state index in [9.17, 15) is 44.3 Å². The van der Waals surface area contributed by atoms with Gasteiger partial charge in [0.2, 0.25) is 0 Å². The van der Waals surface area contributed by atoms with Gasteiger partial charge in [0.15, 0.2) is 0 Å². The standard InChI is InChI=1S/C28H32ClN5.C23H24ClN5.C5H8O.3C2HF3O2.CH4O.2CH4.B7/c1-19-28-25-10-9-21(20-11-14-33(15-12-20)24-7-2-3-8-24)17-26(25)27(13-16-34(28)32-31-19)30-23-6-4-5-22(29)18-23;1-15-23-20-6-5-17(16-7-10-25-11-8-16)13-21(20)22(9-12-29(23)28-27-15)26-19-4-2-3-18(24)14-19;6-5-3-1-2-4-5;3*3-2(4,5)1(6)7;1-2;;;1-3-5-7-6-4-2/h4-6,9-11,17-18,24,27,30H,2-3,7-8,12-16H2,1H3;2-7,13-14,22,25-26H,8-12H2,1H3;1-4H2;3*(H,6,7);2H,1H3;2*1H4;. The number of aryl methyl sites for hydroxylation is 4. The maximum absolute atomic E-state index is 10.6. The minimum atomic E-state index is -5.08. The molecule has 6 heterocycles. The van der Waals surface area contributed by atoms with E-state index in [0.29, 0.717) is 5.78 Å². The van der Waals surface area contributed by atoms with Gasteiger partial charge < -0.3 is 36.4 Å². The van der Waals surface area contributed by atoms with Crippen LogP contribution in [0.2, 0.25) is 10.0 Å². The fourth-order valence-electron chi connectivity index (χ4n) is 11.4. The van der Waals surface area contributed by atoms with Crippen LogP contribution >= 0.6 is 23.2 Å². The third-order valence-electron chi connectivity index (χ3n) is 16.0. The summed E-state index contributed by atoms with van der Waals surface area (Å²) in [6.07, 6.45) is 3.09. The number of hydrogen-bond acceptors (Lipinski definition) is 13. The van der Waals surface area contributed by atoms with Gasteiger partial charge >= 0.3 is 36.4 Å². The van der Waals surface area contributed by atoms with Crippen molar-refractivity contribution in [3.63, 3.8) is 0 Å². The molecule has 0 bridgehead atoms. The quantitative estimate of drug-likeness (QED) is 0.0362. The maximum Gasteiger partial charge on any atom is 0.490 e. The van der Waals surface area contributed by atoms with Crippen LogP contribution < -0.4 is 16.0 Å². The summed E-state index contributed by atoms with van der Waals surface area (Å²) in [6, 6.07) is 30.9. The fraction of sp³-hybridized carbons (Fsp3) is 0.446. The number of anilines is 2. The van der Waals surface area contributed by atoms with Crippen molar-refractivity contribution in [1.29, 1.82) is 0 Å². The van der Waals surface area contributed by atoms with Crippen molar-refractivity contribution in [2.75, 3.05) is 43.9 Å². The first kappa shape index (κ1) is 87.8. The van der Waals surface area contributed by atoms with Crippen LogP contribution in [0, 0.1) is 13.8 Å². The summed E-state index contributed by atoms with van der Waals surface area (Å²) >= 11 is 12.5. The van der Waals surface area contributed by atoms with Crippen molar-refractivity contribution in [2.24, 2.45) is 0 Å². The largest absolute Gasteiger partial charge is 0.490 e. The van der Waals surface area contributed by atoms with Crippen LogP contribution in [0.5, 0.6) is 0 Å². The number of nitrogens with one attached hydrogen (secondary N) is 3. The first-order chi connectivity index (χ1) is 47.0. The van der Waals surface area contributed by atoms with Gasteiger partial charge in [0.25, 0.3) is 0 Å². The number of aromatic nitrogens is 6. The van der Waals surface area contributed by atoms with Crippen LogP contribution in [-0.2, 0) is 32.3 Å². The molecular formula is C65H79B7Cl2F9N10O8. The number of Topliss-reactive ketones (excluding diaryl/α,β-unsaturated/α-hetero) is 1. The molecule has 2 atom stereocenters. The van der Waals surface area contributed by atoms with Crippen molar-refractivity contribution < 1.29 is 79.1 Å². The molecule has 36 heteroatoms. The summed E-state index contributed by atoms with van der Waals surface area (Å²) in [5, 5.41) is 58.3. The zero-order chi connectivity index (χ0) is 73.0. The van der Waals surface area contributed by atoms with Crippen molar-refractivity contribution in [2.45, 2.75) is 155 Å². The molecule has 9 radical (unpaired) electrons. The van der Waals surface area contributed by atoms with E-state index in [4.69, 9.17) is 73.5 Å². The molecular weight excluding hydrogens is 1370 g/mol. The Morgan fingerprint density at radius 3 is 1.33 bits per heavy atom. The number of benzene rings is 4. The second-order valence-electron chi connectivity index (χ2n) is 22.8. The van der Waals surface area contributed by atoms with E-state index >= 15 is 0 Å². The summed E-state index contributed by atoms with van der Waals surface area (Å²) in [5.74, 6) is -7.82. The first-order valence-corrected chi connectivity index (χ1v) is 32.2. The van der Waals surface area contributed by atoms with Crippen LogP contribution in [0.1, 0.15) is 138 Å². The molecule has 2 fully saturated rings. The topological polar surface area (TPSA) is 250 Å². The van der Waals surface area contributed by atoms with Crippen molar-refractivity contribution in [3.8, 4) is 22.5 Å². The molecule has 2 unspecified atom stereocenters. The zero-order valence-corrected chi connectivity index (χ0v) is 56.0. The third kappa shape index (κ3) is 28.1. The molecule has 2 saturated carbocycles. The molecule has 101 heavy (non-hydrogen) atoms. The SMILES string of the molecule is C.C.CO.Cc1nnn2c1-c1ccc(C3=CCN(C4CCCC4)CC3)cc1C(Nc1cccc(Cl)c1)CC2.Cc1nnn2c1-c1ccc(C3=CCNCC3)cc1C(Nc1cccc(Cl)c1)CC2.O=C(O)C(F)(F)F.O=C(O)C(F)(F)F.O=C(O)C(F)(F)F.O=C1CCCC1.[B][B][B][B][B][B][B]. The van der Waals surface area contributed by atoms with E-state index in [1.807, 2.05) is 48.0 Å². The number of rotatable bonds is 11. The molecule has 18 nitrogen and oxygen atoms in total. The number of carbonyl (C=O) groups is 4. The number of aliphatic hydroxyl groups excluding tert-OH is 1. The number of aliphatic carboxylic acids is 3. The highest BCUT2D eigenvalue weighted by atomic mass is 35.5. The molecule has 0 amide bonds. The monoisotopic (exact) mass is 1450 g/mol. The summed E-state index contributed by atoms with van der Waals surface area (Å²) in [7, 11) is 19.0. The van der Waals surface area contributed by atoms with Gasteiger partial charge in [0, 0.05) is 142 Å². The lowest BCUT2D eigenvalue weighted by molar-refractivity contribution is -0.193. The Kier molecular flexibility index (Phi) is 37.3. The molecule has 7 N–H and O–H groups in total. The summed E-state index contributed by atoms with van der Waals surface area (Å²) in [5.41, 5.74) is 16.9. The molecule has 2 aliphatic carbocycles. The second kappa shape index (κ2) is 42.9. The number of nitrogens with zero attached hydrogens (tertiary/aromatic N) is 7. The first-order valence-electron chi connectivity index (χ1n) is 31.4. The Hall–Kier alpha value is -7.40. The number of halogens is 11. The van der Waals surface area contributed by atoms with E-state index in [1.165, 1.54) is 90.9 Å². The number of fused-ring (bicyclic) bond motifs is 6. The molecule has 0 saturated heterocycles. The second-order valence-corrected chi connectivity index (χ2v) is 23.7. The zero-order valence-electron chi connectivity index (χ0n) is 54.4.